The lowest BCUT2D eigenvalue weighted by molar-refractivity contribution is -0.108. The molecule has 0 atom stereocenters. The van der Waals surface area contributed by atoms with E-state index in [9.17, 15) is 9.59 Å². The van der Waals surface area contributed by atoms with Crippen LogP contribution in [0.2, 0.25) is 0 Å². The van der Waals surface area contributed by atoms with Crippen LogP contribution in [0.15, 0.2) is 0 Å². The van der Waals surface area contributed by atoms with Crippen molar-refractivity contribution in [1.82, 2.24) is 4.90 Å². The highest BCUT2D eigenvalue weighted by molar-refractivity contribution is 5.52. The molecule has 0 bridgehead atoms. The van der Waals surface area contributed by atoms with Crippen molar-refractivity contribution in [3.8, 4) is 0 Å². The van der Waals surface area contributed by atoms with Gasteiger partial charge in [-0.05, 0) is 25.9 Å². The number of hydrogen-bond donors (Lipinski definition) is 0. The molecule has 0 saturated carbocycles. The van der Waals surface area contributed by atoms with Gasteiger partial charge in [0.1, 0.15) is 12.6 Å². The van der Waals surface area contributed by atoms with Crippen molar-refractivity contribution in [1.29, 1.82) is 0 Å². The fourth-order valence-corrected chi connectivity index (χ4v) is 2.09. The second kappa shape index (κ2) is 14.4. The van der Waals surface area contributed by atoms with Crippen LogP contribution in [0.25, 0.3) is 0 Å². The van der Waals surface area contributed by atoms with E-state index < -0.39 is 0 Å². The molecule has 0 N–H and O–H groups in total. The van der Waals surface area contributed by atoms with Crippen LogP contribution in [0, 0.1) is 0 Å². The minimum absolute atomic E-state index is 0.509. The summed E-state index contributed by atoms with van der Waals surface area (Å²) in [7, 11) is 0. The lowest BCUT2D eigenvalue weighted by atomic mass is 10.1. The molecule has 0 unspecified atom stereocenters. The highest BCUT2D eigenvalue weighted by Gasteiger charge is 2.03. The number of rotatable bonds is 14. The number of aldehydes is 2. The molecule has 0 heterocycles. The second-order valence-corrected chi connectivity index (χ2v) is 4.90. The van der Waals surface area contributed by atoms with Gasteiger partial charge < -0.3 is 9.59 Å². The van der Waals surface area contributed by atoms with E-state index >= 15 is 0 Å². The third-order valence-corrected chi connectivity index (χ3v) is 3.21. The molecule has 0 fully saturated rings. The first kappa shape index (κ1) is 17.3. The lowest BCUT2D eigenvalue weighted by Gasteiger charge is -2.18. The predicted octanol–water partition coefficient (Wildman–Crippen LogP) is 3.22. The number of carbonyl (C=O) groups excluding carboxylic acids is 2. The van der Waals surface area contributed by atoms with Crippen molar-refractivity contribution in [2.75, 3.05) is 19.6 Å². The summed E-state index contributed by atoms with van der Waals surface area (Å²) in [6, 6.07) is 0. The van der Waals surface area contributed by atoms with Crippen LogP contribution >= 0.6 is 0 Å². The maximum atomic E-state index is 10.5. The van der Waals surface area contributed by atoms with Crippen LogP contribution in [0.1, 0.15) is 64.7 Å². The van der Waals surface area contributed by atoms with Gasteiger partial charge in [0.15, 0.2) is 0 Å². The van der Waals surface area contributed by atoms with Crippen LogP contribution in [-0.4, -0.2) is 37.1 Å². The van der Waals surface area contributed by atoms with E-state index in [-0.39, 0.29) is 0 Å². The smallest absolute Gasteiger partial charge is 0.133 e. The van der Waals surface area contributed by atoms with E-state index in [0.29, 0.717) is 13.0 Å². The van der Waals surface area contributed by atoms with Gasteiger partial charge in [-0.15, -0.1) is 0 Å². The molecular formula is C15H29NO2. The quantitative estimate of drug-likeness (QED) is 0.353. The molecule has 0 aromatic heterocycles. The first-order valence-corrected chi connectivity index (χ1v) is 7.44. The summed E-state index contributed by atoms with van der Waals surface area (Å²) in [5.41, 5.74) is 0. The summed E-state index contributed by atoms with van der Waals surface area (Å²) in [6.07, 6.45) is 12.5. The predicted molar refractivity (Wildman–Crippen MR) is 75.8 cm³/mol. The number of hydrogen-bond acceptors (Lipinski definition) is 3. The van der Waals surface area contributed by atoms with Gasteiger partial charge in [-0.1, -0.05) is 45.4 Å². The SMILES string of the molecule is CCCCCCCCCN(CC=O)CCCC=O. The van der Waals surface area contributed by atoms with Gasteiger partial charge in [0.25, 0.3) is 0 Å². The van der Waals surface area contributed by atoms with Crippen LogP contribution in [0.5, 0.6) is 0 Å². The highest BCUT2D eigenvalue weighted by atomic mass is 16.1. The minimum Gasteiger partial charge on any atom is -0.303 e. The maximum absolute atomic E-state index is 10.5. The van der Waals surface area contributed by atoms with Gasteiger partial charge in [0, 0.05) is 6.42 Å². The second-order valence-electron chi connectivity index (χ2n) is 4.90. The van der Waals surface area contributed by atoms with Gasteiger partial charge >= 0.3 is 0 Å². The highest BCUT2D eigenvalue weighted by Crippen LogP contribution is 2.07. The van der Waals surface area contributed by atoms with Gasteiger partial charge in [0.05, 0.1) is 6.54 Å². The Morgan fingerprint density at radius 1 is 0.778 bits per heavy atom. The zero-order valence-corrected chi connectivity index (χ0v) is 11.9. The Labute approximate surface area is 112 Å². The summed E-state index contributed by atoms with van der Waals surface area (Å²) in [5, 5.41) is 0. The topological polar surface area (TPSA) is 37.4 Å². The lowest BCUT2D eigenvalue weighted by Crippen LogP contribution is -2.28. The van der Waals surface area contributed by atoms with Crippen LogP contribution < -0.4 is 0 Å². The summed E-state index contributed by atoms with van der Waals surface area (Å²) < 4.78 is 0. The Hall–Kier alpha value is -0.700. The summed E-state index contributed by atoms with van der Waals surface area (Å²) in [6.45, 7) is 4.60. The molecule has 3 nitrogen and oxygen atoms in total. The van der Waals surface area contributed by atoms with Crippen molar-refractivity contribution in [2.24, 2.45) is 0 Å². The Morgan fingerprint density at radius 3 is 2.00 bits per heavy atom. The molecule has 3 heteroatoms. The first-order valence-electron chi connectivity index (χ1n) is 7.44. The third kappa shape index (κ3) is 11.8. The Morgan fingerprint density at radius 2 is 1.39 bits per heavy atom. The zero-order valence-electron chi connectivity index (χ0n) is 11.9. The van der Waals surface area contributed by atoms with Crippen molar-refractivity contribution in [2.45, 2.75) is 64.7 Å². The Kier molecular flexibility index (Phi) is 13.8. The Balaban J connectivity index is 3.44. The summed E-state index contributed by atoms with van der Waals surface area (Å²) in [4.78, 5) is 22.9. The van der Waals surface area contributed by atoms with Gasteiger partial charge in [-0.2, -0.15) is 0 Å². The molecule has 106 valence electrons. The molecule has 18 heavy (non-hydrogen) atoms. The summed E-state index contributed by atoms with van der Waals surface area (Å²) >= 11 is 0. The average Bonchev–Trinajstić information content (AvgIpc) is 2.38. The van der Waals surface area contributed by atoms with Crippen molar-refractivity contribution in [3.63, 3.8) is 0 Å². The molecular weight excluding hydrogens is 226 g/mol. The monoisotopic (exact) mass is 255 g/mol. The van der Waals surface area contributed by atoms with E-state index in [2.05, 4.69) is 11.8 Å². The molecule has 0 aliphatic heterocycles. The molecule has 0 aromatic carbocycles. The van der Waals surface area contributed by atoms with E-state index in [1.54, 1.807) is 0 Å². The molecule has 0 aliphatic carbocycles. The minimum atomic E-state index is 0.509. The normalized spacial score (nSPS) is 10.8. The fourth-order valence-electron chi connectivity index (χ4n) is 2.09. The molecule has 0 aliphatic rings. The zero-order chi connectivity index (χ0) is 13.5. The number of unbranched alkanes of at least 4 members (excludes halogenated alkanes) is 7. The maximum Gasteiger partial charge on any atom is 0.133 e. The van der Waals surface area contributed by atoms with Crippen LogP contribution in [0.3, 0.4) is 0 Å². The molecule has 0 saturated heterocycles. The van der Waals surface area contributed by atoms with Crippen LogP contribution in [0.4, 0.5) is 0 Å². The van der Waals surface area contributed by atoms with Crippen molar-refractivity contribution >= 4 is 12.6 Å². The van der Waals surface area contributed by atoms with Gasteiger partial charge in [-0.3, -0.25) is 4.90 Å². The van der Waals surface area contributed by atoms with E-state index in [0.717, 1.165) is 32.1 Å². The van der Waals surface area contributed by atoms with E-state index in [1.165, 1.54) is 44.9 Å². The largest absolute Gasteiger partial charge is 0.303 e. The average molecular weight is 255 g/mol. The number of nitrogens with zero attached hydrogens (tertiary/aromatic N) is 1. The molecule has 0 amide bonds. The fraction of sp³-hybridized carbons (Fsp3) is 0.867. The first-order chi connectivity index (χ1) is 8.85. The summed E-state index contributed by atoms with van der Waals surface area (Å²) in [5.74, 6) is 0. The van der Waals surface area contributed by atoms with E-state index in [4.69, 9.17) is 0 Å². The Bertz CT molecular complexity index is 195. The van der Waals surface area contributed by atoms with Crippen molar-refractivity contribution < 1.29 is 9.59 Å². The van der Waals surface area contributed by atoms with Gasteiger partial charge in [0.2, 0.25) is 0 Å². The molecule has 0 rings (SSSR count). The van der Waals surface area contributed by atoms with Crippen LogP contribution in [-0.2, 0) is 9.59 Å². The number of carbonyl (C=O) groups is 2. The molecule has 0 radical (unpaired) electrons. The third-order valence-electron chi connectivity index (χ3n) is 3.21. The standard InChI is InChI=1S/C15H29NO2/c1-2-3-4-5-6-7-8-11-16(13-15-18)12-9-10-14-17/h14-15H,2-13H2,1H3. The van der Waals surface area contributed by atoms with E-state index in [1.807, 2.05) is 0 Å². The van der Waals surface area contributed by atoms with Crippen molar-refractivity contribution in [3.05, 3.63) is 0 Å². The molecule has 0 aromatic rings. The van der Waals surface area contributed by atoms with Gasteiger partial charge in [-0.25, -0.2) is 0 Å². The molecule has 0 spiro atoms.